The first-order valence-electron chi connectivity index (χ1n) is 10.3. The highest BCUT2D eigenvalue weighted by Crippen LogP contribution is 2.36. The molecule has 0 fully saturated rings. The van der Waals surface area contributed by atoms with Gasteiger partial charge in [-0.2, -0.15) is 0 Å². The number of nitrogens with one attached hydrogen (secondary N) is 1. The maximum Gasteiger partial charge on any atom is 0.257 e. The summed E-state index contributed by atoms with van der Waals surface area (Å²) >= 11 is 0. The van der Waals surface area contributed by atoms with Crippen LogP contribution in [-0.4, -0.2) is 36.1 Å². The van der Waals surface area contributed by atoms with Crippen LogP contribution in [0.5, 0.6) is 5.75 Å². The Hall–Kier alpha value is -3.07. The number of aromatic nitrogens is 1. The molecule has 0 saturated carbocycles. The number of carbonyl (C=O) groups is 2. The molecule has 1 atom stereocenters. The molecule has 2 heterocycles. The number of amides is 1. The summed E-state index contributed by atoms with van der Waals surface area (Å²) in [5.41, 5.74) is -1.74. The van der Waals surface area contributed by atoms with Crippen LogP contribution in [0.25, 0.3) is 0 Å². The van der Waals surface area contributed by atoms with Crippen molar-refractivity contribution < 1.29 is 27.8 Å². The fourth-order valence-electron chi connectivity index (χ4n) is 3.68. The van der Waals surface area contributed by atoms with Gasteiger partial charge in [0.15, 0.2) is 11.5 Å². The molecule has 1 N–H and O–H groups in total. The molecule has 7 nitrogen and oxygen atoms in total. The molecule has 0 saturated heterocycles. The lowest BCUT2D eigenvalue weighted by Gasteiger charge is -2.39. The number of hydrogen-bond donors (Lipinski definition) is 1. The molecule has 32 heavy (non-hydrogen) atoms. The number of hydrogen-bond acceptors (Lipinski definition) is 5. The molecule has 0 aliphatic carbocycles. The Balaban J connectivity index is 1.96. The van der Waals surface area contributed by atoms with Crippen LogP contribution < -0.4 is 15.5 Å². The predicted octanol–water partition coefficient (Wildman–Crippen LogP) is 3.08. The molecule has 0 spiro atoms. The van der Waals surface area contributed by atoms with Gasteiger partial charge in [-0.1, -0.05) is 13.0 Å². The smallest absolute Gasteiger partial charge is 0.257 e. The number of Topliss-reactive ketones (excluding diaryl/α,β-unsaturated/α-hetero) is 1. The van der Waals surface area contributed by atoms with Gasteiger partial charge in [0.05, 0.1) is 25.2 Å². The van der Waals surface area contributed by atoms with Gasteiger partial charge in [0.25, 0.3) is 5.91 Å². The summed E-state index contributed by atoms with van der Waals surface area (Å²) in [6, 6.07) is 2.99. The molecule has 2 aromatic rings. The minimum Gasteiger partial charge on any atom is -0.491 e. The van der Waals surface area contributed by atoms with Gasteiger partial charge < -0.3 is 19.4 Å². The quantitative estimate of drug-likeness (QED) is 0.704. The van der Waals surface area contributed by atoms with Crippen LogP contribution in [0.4, 0.5) is 8.78 Å². The molecule has 3 rings (SSSR count). The second kappa shape index (κ2) is 9.20. The highest BCUT2D eigenvalue weighted by Gasteiger charge is 2.45. The number of rotatable bonds is 7. The Morgan fingerprint density at radius 2 is 2.00 bits per heavy atom. The molecular weight excluding hydrogens is 422 g/mol. The van der Waals surface area contributed by atoms with Crippen LogP contribution in [-0.2, 0) is 17.8 Å². The number of nitrogens with zero attached hydrogens (tertiary/aromatic N) is 1. The number of ketones is 1. The van der Waals surface area contributed by atoms with Crippen molar-refractivity contribution in [1.29, 1.82) is 0 Å². The Morgan fingerprint density at radius 1 is 1.28 bits per heavy atom. The van der Waals surface area contributed by atoms with E-state index in [2.05, 4.69) is 5.32 Å². The summed E-state index contributed by atoms with van der Waals surface area (Å²) in [5, 5.41) is 2.46. The van der Waals surface area contributed by atoms with Crippen molar-refractivity contribution in [3.63, 3.8) is 0 Å². The van der Waals surface area contributed by atoms with Crippen LogP contribution in [0.15, 0.2) is 29.2 Å². The maximum atomic E-state index is 13.9. The Labute approximate surface area is 184 Å². The zero-order valence-electron chi connectivity index (χ0n) is 18.5. The van der Waals surface area contributed by atoms with Crippen LogP contribution >= 0.6 is 0 Å². The SMILES string of the molecule is CCCO[C@H]1Cn2cc(C(=O)NCc3ccc(F)cc3F)c(=O)c(OC)c2C(=O)C1(C)C. The van der Waals surface area contributed by atoms with E-state index in [9.17, 15) is 23.2 Å². The topological polar surface area (TPSA) is 86.6 Å². The zero-order valence-corrected chi connectivity index (χ0v) is 18.5. The summed E-state index contributed by atoms with van der Waals surface area (Å²) in [6.45, 7) is 5.92. The average molecular weight is 448 g/mol. The molecule has 0 radical (unpaired) electrons. The number of fused-ring (bicyclic) bond motifs is 1. The van der Waals surface area contributed by atoms with Crippen LogP contribution in [0.3, 0.4) is 0 Å². The molecule has 1 aromatic heterocycles. The summed E-state index contributed by atoms with van der Waals surface area (Å²) in [6.07, 6.45) is 1.61. The van der Waals surface area contributed by atoms with Gasteiger partial charge in [0, 0.05) is 31.0 Å². The maximum absolute atomic E-state index is 13.9. The van der Waals surface area contributed by atoms with Gasteiger partial charge in [-0.15, -0.1) is 0 Å². The third-order valence-electron chi connectivity index (χ3n) is 5.63. The number of pyridine rings is 1. The molecule has 0 unspecified atom stereocenters. The summed E-state index contributed by atoms with van der Waals surface area (Å²) < 4.78 is 39.5. The molecule has 9 heteroatoms. The first-order valence-corrected chi connectivity index (χ1v) is 10.3. The van der Waals surface area contributed by atoms with Crippen molar-refractivity contribution in [2.45, 2.75) is 46.4 Å². The number of methoxy groups -OCH3 is 1. The van der Waals surface area contributed by atoms with E-state index in [0.29, 0.717) is 12.7 Å². The van der Waals surface area contributed by atoms with Crippen molar-refractivity contribution in [2.24, 2.45) is 5.41 Å². The Kier molecular flexibility index (Phi) is 6.78. The molecule has 1 aromatic carbocycles. The monoisotopic (exact) mass is 448 g/mol. The number of halogens is 2. The van der Waals surface area contributed by atoms with Gasteiger partial charge >= 0.3 is 0 Å². The third kappa shape index (κ3) is 4.29. The molecular formula is C23H26F2N2O5. The van der Waals surface area contributed by atoms with E-state index in [-0.39, 0.29) is 41.4 Å². The van der Waals surface area contributed by atoms with E-state index in [4.69, 9.17) is 9.47 Å². The lowest BCUT2D eigenvalue weighted by atomic mass is 9.77. The molecule has 1 aliphatic rings. The van der Waals surface area contributed by atoms with Gasteiger partial charge in [0.2, 0.25) is 5.43 Å². The van der Waals surface area contributed by atoms with Gasteiger partial charge in [-0.25, -0.2) is 8.78 Å². The molecule has 1 aliphatic heterocycles. The van der Waals surface area contributed by atoms with E-state index in [0.717, 1.165) is 12.5 Å². The minimum atomic E-state index is -0.890. The summed E-state index contributed by atoms with van der Waals surface area (Å²) in [5.74, 6) is -2.86. The zero-order chi connectivity index (χ0) is 23.6. The highest BCUT2D eigenvalue weighted by molar-refractivity contribution is 6.03. The van der Waals surface area contributed by atoms with E-state index in [1.165, 1.54) is 23.9 Å². The van der Waals surface area contributed by atoms with Crippen molar-refractivity contribution >= 4 is 11.7 Å². The van der Waals surface area contributed by atoms with Crippen LogP contribution in [0.1, 0.15) is 53.6 Å². The Bertz CT molecular complexity index is 1110. The fourth-order valence-corrected chi connectivity index (χ4v) is 3.68. The van der Waals surface area contributed by atoms with Crippen molar-refractivity contribution in [1.82, 2.24) is 9.88 Å². The minimum absolute atomic E-state index is 0.0646. The first-order chi connectivity index (χ1) is 15.1. The second-order valence-corrected chi connectivity index (χ2v) is 8.23. The standard InChI is InChI=1S/C23H26F2N2O5/c1-5-8-32-17-12-27-11-15(19(28)20(31-4)18(27)21(29)23(17,2)3)22(30)26-10-13-6-7-14(24)9-16(13)25/h6-7,9,11,17H,5,8,10,12H2,1-4H3,(H,26,30)/t17-/m0/s1. The van der Waals surface area contributed by atoms with E-state index in [1.54, 1.807) is 13.8 Å². The fraction of sp³-hybridized carbons (Fsp3) is 0.435. The van der Waals surface area contributed by atoms with E-state index in [1.807, 2.05) is 6.92 Å². The highest BCUT2D eigenvalue weighted by atomic mass is 19.1. The molecule has 172 valence electrons. The van der Waals surface area contributed by atoms with Gasteiger partial charge in [-0.3, -0.25) is 14.4 Å². The average Bonchev–Trinajstić information content (AvgIpc) is 2.74. The normalized spacial score (nSPS) is 17.1. The lowest BCUT2D eigenvalue weighted by Crippen LogP contribution is -2.49. The number of carbonyl (C=O) groups excluding carboxylic acids is 2. The number of benzene rings is 1. The van der Waals surface area contributed by atoms with Crippen LogP contribution in [0, 0.1) is 17.0 Å². The first kappa shape index (κ1) is 23.6. The largest absolute Gasteiger partial charge is 0.491 e. The predicted molar refractivity (Wildman–Crippen MR) is 113 cm³/mol. The lowest BCUT2D eigenvalue weighted by molar-refractivity contribution is -0.0327. The summed E-state index contributed by atoms with van der Waals surface area (Å²) in [7, 11) is 1.26. The third-order valence-corrected chi connectivity index (χ3v) is 5.63. The molecule has 1 amide bonds. The van der Waals surface area contributed by atoms with Crippen LogP contribution in [0.2, 0.25) is 0 Å². The van der Waals surface area contributed by atoms with Crippen molar-refractivity contribution in [2.75, 3.05) is 13.7 Å². The van der Waals surface area contributed by atoms with E-state index >= 15 is 0 Å². The number of ether oxygens (including phenoxy) is 2. The van der Waals surface area contributed by atoms with Gasteiger partial charge in [-0.05, 0) is 26.3 Å². The van der Waals surface area contributed by atoms with Crippen molar-refractivity contribution in [3.8, 4) is 5.75 Å². The van der Waals surface area contributed by atoms with Crippen molar-refractivity contribution in [3.05, 3.63) is 63.1 Å². The summed E-state index contributed by atoms with van der Waals surface area (Å²) in [4.78, 5) is 38.9. The van der Waals surface area contributed by atoms with E-state index < -0.39 is 34.5 Å². The second-order valence-electron chi connectivity index (χ2n) is 8.23. The van der Waals surface area contributed by atoms with Gasteiger partial charge in [0.1, 0.15) is 22.9 Å². The molecule has 0 bridgehead atoms. The Morgan fingerprint density at radius 3 is 2.62 bits per heavy atom.